The van der Waals surface area contributed by atoms with Gasteiger partial charge in [-0.15, -0.1) is 4.33 Å². The van der Waals surface area contributed by atoms with Crippen molar-refractivity contribution in [2.75, 3.05) is 6.61 Å². The van der Waals surface area contributed by atoms with E-state index < -0.39 is 56.3 Å². The zero-order valence-corrected chi connectivity index (χ0v) is 18.9. The Morgan fingerprint density at radius 1 is 0.636 bits per heavy atom. The van der Waals surface area contributed by atoms with Crippen LogP contribution in [0.4, 0.5) is 26.3 Å². The monoisotopic (exact) mass is 500 g/mol. The van der Waals surface area contributed by atoms with Crippen molar-refractivity contribution < 1.29 is 45.7 Å². The van der Waals surface area contributed by atoms with Crippen LogP contribution in [-0.2, 0) is 9.37 Å². The summed E-state index contributed by atoms with van der Waals surface area (Å²) < 4.78 is 95.3. The predicted molar refractivity (Wildman–Crippen MR) is 112 cm³/mol. The molecule has 1 N–H and O–H groups in total. The van der Waals surface area contributed by atoms with Gasteiger partial charge in [0.25, 0.3) is 0 Å². The van der Waals surface area contributed by atoms with E-state index in [1.54, 1.807) is 0 Å². The molecule has 0 atom stereocenters. The minimum atomic E-state index is -1.98. The molecule has 0 aliphatic carbocycles. The van der Waals surface area contributed by atoms with Crippen LogP contribution in [0.1, 0.15) is 71.1 Å². The molecule has 11 heteroatoms. The molecule has 0 bridgehead atoms. The fourth-order valence-electron chi connectivity index (χ4n) is 3.48. The number of fused-ring (bicyclic) bond motifs is 1. The van der Waals surface area contributed by atoms with E-state index in [1.165, 1.54) is 25.7 Å². The molecule has 33 heavy (non-hydrogen) atoms. The van der Waals surface area contributed by atoms with Crippen LogP contribution >= 0.6 is 12.0 Å². The first-order valence-electron chi connectivity index (χ1n) is 10.8. The summed E-state index contributed by atoms with van der Waals surface area (Å²) in [6.07, 6.45) is 10.1. The second-order valence-corrected chi connectivity index (χ2v) is 8.26. The number of benzene rings is 2. The lowest BCUT2D eigenvalue weighted by atomic mass is 10.1. The number of rotatable bonds is 15. The van der Waals surface area contributed by atoms with Crippen molar-refractivity contribution in [3.63, 3.8) is 0 Å². The maximum Gasteiger partial charge on any atom is 0.204 e. The van der Waals surface area contributed by atoms with Gasteiger partial charge < -0.3 is 4.74 Å². The molecule has 0 amide bonds. The second-order valence-electron chi connectivity index (χ2n) is 7.55. The third-order valence-electron chi connectivity index (χ3n) is 5.20. The van der Waals surface area contributed by atoms with Gasteiger partial charge >= 0.3 is 0 Å². The van der Waals surface area contributed by atoms with Gasteiger partial charge in [0, 0.05) is 0 Å². The SMILES string of the molecule is CCCCCCCCCCCCOc1c(F)c(F)c2c(F)c(SOOO)c(F)c(F)c2c1F. The van der Waals surface area contributed by atoms with Gasteiger partial charge in [-0.2, -0.15) is 4.39 Å². The topological polar surface area (TPSA) is 47.9 Å². The van der Waals surface area contributed by atoms with Gasteiger partial charge in [-0.1, -0.05) is 69.7 Å². The number of ether oxygens (including phenoxy) is 1. The molecule has 0 aromatic heterocycles. The molecule has 4 nitrogen and oxygen atoms in total. The molecule has 0 fully saturated rings. The largest absolute Gasteiger partial charge is 0.488 e. The van der Waals surface area contributed by atoms with Crippen molar-refractivity contribution in [2.24, 2.45) is 0 Å². The lowest BCUT2D eigenvalue weighted by Gasteiger charge is -2.14. The quantitative estimate of drug-likeness (QED) is 0.0664. The lowest BCUT2D eigenvalue weighted by Crippen LogP contribution is -2.08. The van der Waals surface area contributed by atoms with Gasteiger partial charge in [0.15, 0.2) is 34.8 Å². The number of unbranched alkanes of at least 4 members (excludes halogenated alkanes) is 9. The minimum Gasteiger partial charge on any atom is -0.488 e. The summed E-state index contributed by atoms with van der Waals surface area (Å²) in [4.78, 5) is -1.30. The summed E-state index contributed by atoms with van der Waals surface area (Å²) in [6.45, 7) is 1.97. The van der Waals surface area contributed by atoms with E-state index in [-0.39, 0.29) is 18.6 Å². The summed E-state index contributed by atoms with van der Waals surface area (Å²) in [7, 11) is 0. The molecule has 0 spiro atoms. The van der Waals surface area contributed by atoms with E-state index in [0.717, 1.165) is 25.7 Å². The highest BCUT2D eigenvalue weighted by Gasteiger charge is 2.31. The fraction of sp³-hybridized carbons (Fsp3) is 0.545. The molecule has 0 heterocycles. The van der Waals surface area contributed by atoms with Crippen LogP contribution in [0.2, 0.25) is 0 Å². The van der Waals surface area contributed by atoms with Crippen molar-refractivity contribution in [1.82, 2.24) is 0 Å². The third-order valence-corrected chi connectivity index (χ3v) is 5.86. The number of hydrogen-bond acceptors (Lipinski definition) is 5. The van der Waals surface area contributed by atoms with E-state index >= 15 is 0 Å². The lowest BCUT2D eigenvalue weighted by molar-refractivity contribution is -0.432. The molecule has 186 valence electrons. The Kier molecular flexibility index (Phi) is 11.6. The Balaban J connectivity index is 2.04. The second kappa shape index (κ2) is 13.9. The highest BCUT2D eigenvalue weighted by atomic mass is 32.2. The highest BCUT2D eigenvalue weighted by Crippen LogP contribution is 2.40. The van der Waals surface area contributed by atoms with Gasteiger partial charge in [-0.05, 0) is 6.42 Å². The zero-order chi connectivity index (χ0) is 24.4. The van der Waals surface area contributed by atoms with Crippen LogP contribution in [0.3, 0.4) is 0 Å². The van der Waals surface area contributed by atoms with Crippen LogP contribution in [0.15, 0.2) is 4.90 Å². The van der Waals surface area contributed by atoms with Crippen LogP contribution < -0.4 is 4.74 Å². The van der Waals surface area contributed by atoms with E-state index in [9.17, 15) is 26.3 Å². The fourth-order valence-corrected chi connectivity index (χ4v) is 3.92. The molecule has 0 aliphatic rings. The smallest absolute Gasteiger partial charge is 0.204 e. The molecule has 0 saturated carbocycles. The first kappa shape index (κ1) is 27.6. The molecular formula is C22H26F6O4S. The molecule has 0 radical (unpaired) electrons. The summed E-state index contributed by atoms with van der Waals surface area (Å²) >= 11 is -0.348. The molecule has 0 unspecified atom stereocenters. The normalized spacial score (nSPS) is 11.5. The third kappa shape index (κ3) is 6.91. The molecule has 2 rings (SSSR count). The number of hydrogen-bond donors (Lipinski definition) is 1. The standard InChI is InChI=1S/C22H26F6O4S/c1-2-3-4-5-6-7-8-9-10-11-12-30-21-17(25)13-14(15(23)19(21)27)18(26)22(33-32-31-29)20(28)16(13)24/h29H,2-12H2,1H3. The molecule has 2 aromatic carbocycles. The summed E-state index contributed by atoms with van der Waals surface area (Å²) in [5, 5.41) is 8.34. The van der Waals surface area contributed by atoms with Gasteiger partial charge in [0.1, 0.15) is 4.90 Å². The predicted octanol–water partition coefficient (Wildman–Crippen LogP) is 8.40. The highest BCUT2D eigenvalue weighted by molar-refractivity contribution is 7.94. The first-order valence-corrected chi connectivity index (χ1v) is 11.5. The summed E-state index contributed by atoms with van der Waals surface area (Å²) in [6, 6.07) is 0. The molecule has 0 saturated heterocycles. The van der Waals surface area contributed by atoms with Crippen LogP contribution in [-0.4, -0.2) is 11.9 Å². The Morgan fingerprint density at radius 3 is 1.73 bits per heavy atom. The van der Waals surface area contributed by atoms with E-state index in [4.69, 9.17) is 9.99 Å². The van der Waals surface area contributed by atoms with Crippen molar-refractivity contribution in [3.05, 3.63) is 34.9 Å². The van der Waals surface area contributed by atoms with E-state index in [0.29, 0.717) is 12.8 Å². The Hall–Kier alpha value is -1.69. The Morgan fingerprint density at radius 2 is 1.15 bits per heavy atom. The molecular weight excluding hydrogens is 474 g/mol. The Labute approximate surface area is 192 Å². The molecule has 0 aliphatic heterocycles. The summed E-state index contributed by atoms with van der Waals surface area (Å²) in [5.74, 6) is -12.6. The maximum atomic E-state index is 14.7. The summed E-state index contributed by atoms with van der Waals surface area (Å²) in [5.41, 5.74) is 0. The van der Waals surface area contributed by atoms with Gasteiger partial charge in [-0.25, -0.2) is 27.2 Å². The average molecular weight is 501 g/mol. The van der Waals surface area contributed by atoms with E-state index in [1.807, 2.05) is 0 Å². The van der Waals surface area contributed by atoms with Crippen molar-refractivity contribution in [3.8, 4) is 5.75 Å². The Bertz CT molecular complexity index is 928. The number of halogens is 6. The zero-order valence-electron chi connectivity index (χ0n) is 18.1. The van der Waals surface area contributed by atoms with E-state index in [2.05, 4.69) is 16.3 Å². The van der Waals surface area contributed by atoms with Crippen molar-refractivity contribution in [2.45, 2.75) is 76.0 Å². The van der Waals surface area contributed by atoms with Crippen LogP contribution in [0.5, 0.6) is 5.75 Å². The van der Waals surface area contributed by atoms with Crippen molar-refractivity contribution >= 4 is 22.8 Å². The van der Waals surface area contributed by atoms with Gasteiger partial charge in [0.2, 0.25) is 5.82 Å². The molecule has 2 aromatic rings. The van der Waals surface area contributed by atoms with Crippen LogP contribution in [0.25, 0.3) is 10.8 Å². The first-order chi connectivity index (χ1) is 15.9. The van der Waals surface area contributed by atoms with Crippen molar-refractivity contribution in [1.29, 1.82) is 0 Å². The van der Waals surface area contributed by atoms with Crippen LogP contribution in [0, 0.1) is 34.9 Å². The van der Waals surface area contributed by atoms with Gasteiger partial charge in [-0.3, -0.25) is 0 Å². The minimum absolute atomic E-state index is 0.183. The van der Waals surface area contributed by atoms with Gasteiger partial charge in [0.05, 0.1) is 29.4 Å². The maximum absolute atomic E-state index is 14.7. The average Bonchev–Trinajstić information content (AvgIpc) is 2.80.